The second-order valence-corrected chi connectivity index (χ2v) is 21.3. The number of carbonyl (C=O) groups excluding carboxylic acids is 3. The standard InChI is InChI=1S/C66H120O6/c1-4-7-10-13-16-19-22-24-26-28-29-30-31-32-33-34-35-36-37-38-40-41-44-47-50-53-56-59-65(68)71-62-63(61-70-64(67)58-55-52-49-46-43-21-18-15-12-9-6-3)72-66(69)60-57-54-51-48-45-42-39-27-25-23-20-17-14-11-8-5-2/h7,10,16,19,24,26,29-30,63H,4-6,8-9,11-15,17-18,20-23,25,27-28,31-62H2,1-3H3/b10-7-,19-16-,26-24-,30-29-. The highest BCUT2D eigenvalue weighted by atomic mass is 16.6. The SMILES string of the molecule is CC/C=C\C/C=C\C/C=C\C/C=C\CCCCCCCCCCCCCCCCC(=O)OCC(COC(=O)CCCCCCCCCCCCC)OC(=O)CCCCCCCCCCCCCCCCCC. The quantitative estimate of drug-likeness (QED) is 0.0261. The van der Waals surface area contributed by atoms with E-state index in [1.54, 1.807) is 0 Å². The van der Waals surface area contributed by atoms with Crippen LogP contribution in [0.3, 0.4) is 0 Å². The molecular weight excluding hydrogens is 889 g/mol. The van der Waals surface area contributed by atoms with E-state index >= 15 is 0 Å². The summed E-state index contributed by atoms with van der Waals surface area (Å²) in [5.74, 6) is -0.846. The first-order chi connectivity index (χ1) is 35.5. The smallest absolute Gasteiger partial charge is 0.306 e. The Morgan fingerprint density at radius 1 is 0.292 bits per heavy atom. The van der Waals surface area contributed by atoms with Gasteiger partial charge in [-0.15, -0.1) is 0 Å². The molecule has 72 heavy (non-hydrogen) atoms. The second kappa shape index (κ2) is 60.9. The third-order valence-corrected chi connectivity index (χ3v) is 14.1. The second-order valence-electron chi connectivity index (χ2n) is 21.3. The van der Waals surface area contributed by atoms with Crippen LogP contribution in [0.5, 0.6) is 0 Å². The molecule has 0 fully saturated rings. The van der Waals surface area contributed by atoms with Crippen molar-refractivity contribution in [3.8, 4) is 0 Å². The highest BCUT2D eigenvalue weighted by Crippen LogP contribution is 2.17. The summed E-state index contributed by atoms with van der Waals surface area (Å²) in [5.41, 5.74) is 0. The number of rotatable bonds is 58. The number of hydrogen-bond donors (Lipinski definition) is 0. The van der Waals surface area contributed by atoms with E-state index < -0.39 is 6.10 Å². The van der Waals surface area contributed by atoms with Crippen LogP contribution < -0.4 is 0 Å². The molecule has 0 radical (unpaired) electrons. The summed E-state index contributed by atoms with van der Waals surface area (Å²) in [6.07, 6.45) is 75.5. The van der Waals surface area contributed by atoms with Crippen LogP contribution in [-0.2, 0) is 28.6 Å². The molecule has 0 aliphatic carbocycles. The monoisotopic (exact) mass is 1010 g/mol. The third-order valence-electron chi connectivity index (χ3n) is 14.1. The van der Waals surface area contributed by atoms with Crippen LogP contribution in [0, 0.1) is 0 Å². The van der Waals surface area contributed by atoms with Crippen LogP contribution in [0.1, 0.15) is 335 Å². The van der Waals surface area contributed by atoms with E-state index in [0.29, 0.717) is 19.3 Å². The van der Waals surface area contributed by atoms with Crippen molar-refractivity contribution in [2.75, 3.05) is 13.2 Å². The maximum absolute atomic E-state index is 12.9. The van der Waals surface area contributed by atoms with Gasteiger partial charge in [0, 0.05) is 19.3 Å². The molecule has 0 amide bonds. The Balaban J connectivity index is 4.18. The molecule has 0 rings (SSSR count). The van der Waals surface area contributed by atoms with Crippen LogP contribution in [0.4, 0.5) is 0 Å². The maximum atomic E-state index is 12.9. The van der Waals surface area contributed by atoms with E-state index in [4.69, 9.17) is 14.2 Å². The van der Waals surface area contributed by atoms with Gasteiger partial charge >= 0.3 is 17.9 Å². The molecule has 420 valence electrons. The average molecular weight is 1010 g/mol. The van der Waals surface area contributed by atoms with Crippen LogP contribution in [0.25, 0.3) is 0 Å². The highest BCUT2D eigenvalue weighted by molar-refractivity contribution is 5.71. The summed E-state index contributed by atoms with van der Waals surface area (Å²) < 4.78 is 16.9. The third kappa shape index (κ3) is 58.3. The van der Waals surface area contributed by atoms with E-state index in [1.165, 1.54) is 212 Å². The largest absolute Gasteiger partial charge is 0.462 e. The van der Waals surface area contributed by atoms with Crippen LogP contribution in [0.15, 0.2) is 48.6 Å². The lowest BCUT2D eigenvalue weighted by Gasteiger charge is -2.18. The summed E-state index contributed by atoms with van der Waals surface area (Å²) in [4.78, 5) is 38.2. The molecule has 0 N–H and O–H groups in total. The predicted octanol–water partition coefficient (Wildman–Crippen LogP) is 21.4. The molecule has 0 saturated carbocycles. The van der Waals surface area contributed by atoms with Gasteiger partial charge in [0.1, 0.15) is 13.2 Å². The van der Waals surface area contributed by atoms with Crippen molar-refractivity contribution in [3.05, 3.63) is 48.6 Å². The van der Waals surface area contributed by atoms with Crippen molar-refractivity contribution in [2.45, 2.75) is 341 Å². The van der Waals surface area contributed by atoms with Crippen LogP contribution in [0.2, 0.25) is 0 Å². The maximum Gasteiger partial charge on any atom is 0.306 e. The number of ether oxygens (including phenoxy) is 3. The Morgan fingerprint density at radius 3 is 0.847 bits per heavy atom. The molecule has 0 bridgehead atoms. The van der Waals surface area contributed by atoms with Crippen molar-refractivity contribution in [2.24, 2.45) is 0 Å². The first kappa shape index (κ1) is 69.4. The summed E-state index contributed by atoms with van der Waals surface area (Å²) in [7, 11) is 0. The fourth-order valence-corrected chi connectivity index (χ4v) is 9.38. The number of hydrogen-bond acceptors (Lipinski definition) is 6. The topological polar surface area (TPSA) is 78.9 Å². The van der Waals surface area contributed by atoms with Crippen molar-refractivity contribution in [1.29, 1.82) is 0 Å². The van der Waals surface area contributed by atoms with Gasteiger partial charge in [-0.3, -0.25) is 14.4 Å². The molecule has 6 heteroatoms. The van der Waals surface area contributed by atoms with Gasteiger partial charge in [0.2, 0.25) is 0 Å². The Kier molecular flexibility index (Phi) is 58.7. The number of carbonyl (C=O) groups is 3. The molecule has 0 saturated heterocycles. The van der Waals surface area contributed by atoms with Gasteiger partial charge in [-0.05, 0) is 57.8 Å². The Labute approximate surface area is 448 Å². The van der Waals surface area contributed by atoms with Crippen LogP contribution >= 0.6 is 0 Å². The van der Waals surface area contributed by atoms with Crippen molar-refractivity contribution < 1.29 is 28.6 Å². The molecule has 0 spiro atoms. The minimum absolute atomic E-state index is 0.0669. The van der Waals surface area contributed by atoms with Gasteiger partial charge in [0.15, 0.2) is 6.10 Å². The van der Waals surface area contributed by atoms with Crippen LogP contribution in [-0.4, -0.2) is 37.2 Å². The first-order valence-electron chi connectivity index (χ1n) is 31.6. The lowest BCUT2D eigenvalue weighted by molar-refractivity contribution is -0.167. The molecule has 1 atom stereocenters. The summed E-state index contributed by atoms with van der Waals surface area (Å²) >= 11 is 0. The van der Waals surface area contributed by atoms with E-state index in [1.807, 2.05) is 0 Å². The minimum Gasteiger partial charge on any atom is -0.462 e. The predicted molar refractivity (Wildman–Crippen MR) is 312 cm³/mol. The summed E-state index contributed by atoms with van der Waals surface area (Å²) in [6.45, 7) is 6.57. The van der Waals surface area contributed by atoms with E-state index in [9.17, 15) is 14.4 Å². The Hall–Kier alpha value is -2.63. The molecule has 0 aromatic carbocycles. The fourth-order valence-electron chi connectivity index (χ4n) is 9.38. The van der Waals surface area contributed by atoms with E-state index in [-0.39, 0.29) is 31.1 Å². The number of esters is 3. The lowest BCUT2D eigenvalue weighted by Crippen LogP contribution is -2.30. The summed E-state index contributed by atoms with van der Waals surface area (Å²) in [5, 5.41) is 0. The summed E-state index contributed by atoms with van der Waals surface area (Å²) in [6, 6.07) is 0. The molecule has 1 unspecified atom stereocenters. The normalized spacial score (nSPS) is 12.3. The van der Waals surface area contributed by atoms with Gasteiger partial charge in [-0.2, -0.15) is 0 Å². The lowest BCUT2D eigenvalue weighted by atomic mass is 10.0. The minimum atomic E-state index is -0.768. The Bertz CT molecular complexity index is 1250. The van der Waals surface area contributed by atoms with Gasteiger partial charge in [0.25, 0.3) is 0 Å². The zero-order valence-corrected chi connectivity index (χ0v) is 48.2. The van der Waals surface area contributed by atoms with Gasteiger partial charge < -0.3 is 14.2 Å². The van der Waals surface area contributed by atoms with Crippen molar-refractivity contribution in [3.63, 3.8) is 0 Å². The van der Waals surface area contributed by atoms with Crippen molar-refractivity contribution >= 4 is 17.9 Å². The highest BCUT2D eigenvalue weighted by Gasteiger charge is 2.19. The molecule has 0 aliphatic heterocycles. The molecule has 0 aliphatic rings. The van der Waals surface area contributed by atoms with Gasteiger partial charge in [-0.1, -0.05) is 307 Å². The Morgan fingerprint density at radius 2 is 0.542 bits per heavy atom. The number of allylic oxidation sites excluding steroid dienone is 8. The van der Waals surface area contributed by atoms with E-state index in [0.717, 1.165) is 83.5 Å². The zero-order chi connectivity index (χ0) is 52.2. The fraction of sp³-hybridized carbons (Fsp3) is 0.833. The molecule has 0 aromatic rings. The molecule has 0 aromatic heterocycles. The van der Waals surface area contributed by atoms with Gasteiger partial charge in [0.05, 0.1) is 0 Å². The van der Waals surface area contributed by atoms with Gasteiger partial charge in [-0.25, -0.2) is 0 Å². The molecule has 6 nitrogen and oxygen atoms in total. The first-order valence-corrected chi connectivity index (χ1v) is 31.6. The zero-order valence-electron chi connectivity index (χ0n) is 48.2. The molecular formula is C66H120O6. The average Bonchev–Trinajstić information content (AvgIpc) is 3.38. The molecule has 0 heterocycles. The van der Waals surface area contributed by atoms with Crippen molar-refractivity contribution in [1.82, 2.24) is 0 Å². The number of unbranched alkanes of at least 4 members (excludes halogenated alkanes) is 39. The van der Waals surface area contributed by atoms with E-state index in [2.05, 4.69) is 69.4 Å².